The predicted octanol–water partition coefficient (Wildman–Crippen LogP) is 15.3. The Morgan fingerprint density at radius 2 is 0.534 bits per heavy atom. The summed E-state index contributed by atoms with van der Waals surface area (Å²) in [6.07, 6.45) is 3.97. The number of hydrogen-bond donors (Lipinski definition) is 0. The molecule has 0 amide bonds. The second-order valence-corrected chi connectivity index (χ2v) is 15.6. The fraction of sp³-hybridized carbons (Fsp3) is 0.0870. The first-order chi connectivity index (χ1) is 27.3. The molecule has 0 aliphatic heterocycles. The SMILES string of the molecule is CC([CH-]C(C)=Nc1ccccc1)=Nc1ccccc1.CC([CH-]C(C)=Nc1ccccc1)=Nc1ccccc1.[Cl][Pd][Cl].[Cl][Pd][Cl].[Pd+2].[Pd+2].[c-]1ccccc1.[c-]1ccccc1. The molecule has 0 fully saturated rings. The summed E-state index contributed by atoms with van der Waals surface area (Å²) in [7, 11) is 19.3. The maximum atomic E-state index is 4.81. The van der Waals surface area contributed by atoms with Crippen molar-refractivity contribution in [1.29, 1.82) is 0 Å². The fourth-order valence-electron chi connectivity index (χ4n) is 4.24. The number of hydrogen-bond acceptors (Lipinski definition) is 4. The van der Waals surface area contributed by atoms with Crippen LogP contribution >= 0.6 is 38.1 Å². The van der Waals surface area contributed by atoms with Crippen molar-refractivity contribution >= 4 is 83.7 Å². The molecule has 4 nitrogen and oxygen atoms in total. The van der Waals surface area contributed by atoms with Gasteiger partial charge in [-0.15, -0.1) is 22.8 Å². The molecule has 6 rings (SSSR count). The minimum atomic E-state index is -0.106. The Labute approximate surface area is 406 Å². The average molecular weight is 1220 g/mol. The van der Waals surface area contributed by atoms with E-state index in [1.165, 1.54) is 0 Å². The van der Waals surface area contributed by atoms with Crippen LogP contribution in [0.1, 0.15) is 27.7 Å². The van der Waals surface area contributed by atoms with E-state index >= 15 is 0 Å². The van der Waals surface area contributed by atoms with Crippen LogP contribution in [0.5, 0.6) is 0 Å². The van der Waals surface area contributed by atoms with Crippen LogP contribution in [0.25, 0.3) is 0 Å². The molecule has 0 N–H and O–H groups in total. The summed E-state index contributed by atoms with van der Waals surface area (Å²) in [5.41, 5.74) is 7.64. The molecule has 58 heavy (non-hydrogen) atoms. The van der Waals surface area contributed by atoms with Crippen molar-refractivity contribution in [2.24, 2.45) is 20.0 Å². The summed E-state index contributed by atoms with van der Waals surface area (Å²) in [6.45, 7) is 7.93. The van der Waals surface area contributed by atoms with E-state index in [0.29, 0.717) is 0 Å². The van der Waals surface area contributed by atoms with Crippen molar-refractivity contribution < 1.29 is 72.7 Å². The average Bonchev–Trinajstić information content (AvgIpc) is 3.22. The van der Waals surface area contributed by atoms with Crippen molar-refractivity contribution in [1.82, 2.24) is 0 Å². The van der Waals surface area contributed by atoms with Gasteiger partial charge in [0, 0.05) is 0 Å². The number of rotatable bonds is 8. The van der Waals surface area contributed by atoms with E-state index in [2.05, 4.69) is 32.1 Å². The van der Waals surface area contributed by atoms with Gasteiger partial charge < -0.3 is 12.8 Å². The van der Waals surface area contributed by atoms with Crippen molar-refractivity contribution in [2.75, 3.05) is 0 Å². The molecule has 6 aromatic rings. The van der Waals surface area contributed by atoms with Gasteiger partial charge in [0.15, 0.2) is 0 Å². The van der Waals surface area contributed by atoms with Gasteiger partial charge in [-0.05, 0) is 48.5 Å². The van der Waals surface area contributed by atoms with Gasteiger partial charge in [-0.1, -0.05) is 100 Å². The van der Waals surface area contributed by atoms with Crippen LogP contribution in [0.4, 0.5) is 22.7 Å². The zero-order valence-corrected chi connectivity index (χ0v) is 41.3. The van der Waals surface area contributed by atoms with Gasteiger partial charge in [0.25, 0.3) is 0 Å². The molecule has 0 saturated carbocycles. The second-order valence-electron chi connectivity index (χ2n) is 10.9. The Bertz CT molecular complexity index is 1610. The molecule has 0 aliphatic rings. The van der Waals surface area contributed by atoms with E-state index in [1.54, 1.807) is 0 Å². The van der Waals surface area contributed by atoms with Gasteiger partial charge in [0.2, 0.25) is 0 Å². The van der Waals surface area contributed by atoms with E-state index < -0.39 is 0 Å². The van der Waals surface area contributed by atoms with Crippen molar-refractivity contribution in [3.8, 4) is 0 Å². The molecule has 316 valence electrons. The summed E-state index contributed by atoms with van der Waals surface area (Å²) in [5.74, 6) is 0. The monoisotopic (exact) mass is 1220 g/mol. The molecule has 0 aliphatic carbocycles. The molecular formula is C46H44Cl4N4Pd4. The quantitative estimate of drug-likeness (QED) is 0.0828. The number of para-hydroxylation sites is 4. The molecule has 6 aromatic carbocycles. The molecule has 0 heterocycles. The zero-order valence-electron chi connectivity index (χ0n) is 32.0. The molecule has 0 radical (unpaired) electrons. The third-order valence-corrected chi connectivity index (χ3v) is 6.30. The Morgan fingerprint density at radius 3 is 0.672 bits per heavy atom. The Morgan fingerprint density at radius 1 is 0.362 bits per heavy atom. The van der Waals surface area contributed by atoms with Crippen LogP contribution in [0.3, 0.4) is 0 Å². The van der Waals surface area contributed by atoms with Gasteiger partial charge in [0.05, 0.1) is 22.7 Å². The van der Waals surface area contributed by atoms with Crippen LogP contribution < -0.4 is 0 Å². The Kier molecular flexibility index (Phi) is 41.0. The van der Waals surface area contributed by atoms with E-state index in [4.69, 9.17) is 38.1 Å². The minimum absolute atomic E-state index is 0. The van der Waals surface area contributed by atoms with E-state index in [0.717, 1.165) is 45.6 Å². The molecule has 0 unspecified atom stereocenters. The van der Waals surface area contributed by atoms with E-state index in [9.17, 15) is 0 Å². The van der Waals surface area contributed by atoms with Gasteiger partial charge in [-0.3, -0.25) is 20.0 Å². The number of aliphatic imine (C=N–C) groups is 4. The third kappa shape index (κ3) is 34.4. The first kappa shape index (κ1) is 57.6. The Hall–Kier alpha value is -2.45. The molecule has 0 atom stereocenters. The van der Waals surface area contributed by atoms with Crippen LogP contribution in [0, 0.1) is 25.0 Å². The van der Waals surface area contributed by atoms with Crippen LogP contribution in [-0.2, 0) is 72.7 Å². The van der Waals surface area contributed by atoms with Gasteiger partial charge in [0.1, 0.15) is 0 Å². The van der Waals surface area contributed by atoms with Crippen molar-refractivity contribution in [2.45, 2.75) is 27.7 Å². The van der Waals surface area contributed by atoms with Crippen LogP contribution in [0.15, 0.2) is 202 Å². The summed E-state index contributed by atoms with van der Waals surface area (Å²) >= 11 is -0.211. The molecule has 0 aromatic heterocycles. The molecular weight excluding hydrogens is 1180 g/mol. The largest absolute Gasteiger partial charge is 2.00 e. The minimum Gasteiger partial charge on any atom is -0.184 e. The summed E-state index contributed by atoms with van der Waals surface area (Å²) in [6, 6.07) is 64.7. The normalized spacial score (nSPS) is 10.5. The van der Waals surface area contributed by atoms with Crippen LogP contribution in [0.2, 0.25) is 0 Å². The maximum absolute atomic E-state index is 4.81. The Balaban J connectivity index is 0. The van der Waals surface area contributed by atoms with Gasteiger partial charge >= 0.3 is 111 Å². The van der Waals surface area contributed by atoms with Crippen LogP contribution in [-0.4, -0.2) is 22.8 Å². The number of nitrogens with zero attached hydrogens (tertiary/aromatic N) is 4. The van der Waals surface area contributed by atoms with Crippen molar-refractivity contribution in [3.63, 3.8) is 0 Å². The standard InChI is InChI=1S/2C17H17N2.2C6H5.4ClH.4Pd/c2*1-14(18-16-9-5-3-6-10-16)13-15(2)19-17-11-7-4-8-12-17;2*1-2-4-6-5-3-1;;;;;;;;/h2*3-13H,1-2H3;2*1-5H;4*1H;;;;/q4*-1;;;;;4*+2/p-4. The number of benzene rings is 6. The zero-order chi connectivity index (χ0) is 40.9. The second kappa shape index (κ2) is 41.3. The summed E-state index contributed by atoms with van der Waals surface area (Å²) < 4.78 is 0. The molecule has 0 saturated heterocycles. The first-order valence-corrected chi connectivity index (χ1v) is 24.9. The van der Waals surface area contributed by atoms with Crippen molar-refractivity contribution in [3.05, 3.63) is 207 Å². The number of halogens is 4. The predicted molar refractivity (Wildman–Crippen MR) is 239 cm³/mol. The molecule has 12 heteroatoms. The van der Waals surface area contributed by atoms with E-state index in [-0.39, 0.29) is 72.7 Å². The molecule has 0 spiro atoms. The van der Waals surface area contributed by atoms with Gasteiger partial charge in [-0.25, -0.2) is 0 Å². The van der Waals surface area contributed by atoms with E-state index in [1.807, 2.05) is 223 Å². The smallest absolute Gasteiger partial charge is 0.184 e. The molecule has 0 bridgehead atoms. The third-order valence-electron chi connectivity index (χ3n) is 6.30. The first-order valence-electron chi connectivity index (χ1n) is 16.9. The van der Waals surface area contributed by atoms with Gasteiger partial charge in [-0.2, -0.15) is 72.8 Å². The maximum Gasteiger partial charge on any atom is 2.00 e. The topological polar surface area (TPSA) is 49.4 Å². The fourth-order valence-corrected chi connectivity index (χ4v) is 4.24. The summed E-state index contributed by atoms with van der Waals surface area (Å²) in [4.78, 5) is 18.1. The summed E-state index contributed by atoms with van der Waals surface area (Å²) in [5, 5.41) is 0.